The maximum absolute atomic E-state index is 12.8. The van der Waals surface area contributed by atoms with Crippen molar-refractivity contribution in [2.75, 3.05) is 44.7 Å². The van der Waals surface area contributed by atoms with Gasteiger partial charge in [-0.1, -0.05) is 39.5 Å². The van der Waals surface area contributed by atoms with Crippen LogP contribution in [0, 0.1) is 35.1 Å². The van der Waals surface area contributed by atoms with Crippen molar-refractivity contribution in [3.63, 3.8) is 0 Å². The molecule has 1 heterocycles. The number of amides is 1. The van der Waals surface area contributed by atoms with Crippen molar-refractivity contribution in [1.29, 1.82) is 5.26 Å². The SMILES string of the molecule is CC(C)CCOc1ccc(C#Cc2ccc(N3CCN(S(=O)(=O)N[C@@H](C(=O)O)C(C)C)CC3)cc2)cc1C(=O)N(C)C#N. The van der Waals surface area contributed by atoms with Gasteiger partial charge in [0.15, 0.2) is 6.19 Å². The number of nitrogens with zero attached hydrogens (tertiary/aromatic N) is 4. The number of piperazine rings is 1. The van der Waals surface area contributed by atoms with E-state index in [4.69, 9.17) is 4.74 Å². The molecule has 0 aromatic heterocycles. The number of ether oxygens (including phenoxy) is 1. The number of nitrogens with one attached hydrogen (secondary N) is 1. The van der Waals surface area contributed by atoms with Gasteiger partial charge in [0.2, 0.25) is 0 Å². The Bertz CT molecular complexity index is 1500. The molecule has 2 N–H and O–H groups in total. The van der Waals surface area contributed by atoms with Gasteiger partial charge in [-0.2, -0.15) is 22.7 Å². The molecule has 1 fully saturated rings. The Morgan fingerprint density at radius 1 is 1.02 bits per heavy atom. The molecule has 43 heavy (non-hydrogen) atoms. The van der Waals surface area contributed by atoms with Crippen LogP contribution < -0.4 is 14.4 Å². The Hall–Kier alpha value is -4.10. The standard InChI is InChI=1S/C31H39N5O6S/c1-22(2)14-19-42-28-13-10-25(20-27(28)30(37)34(5)21-32)7-6-24-8-11-26(12-9-24)35-15-17-36(18-16-35)43(40,41)33-29(23(3)4)31(38)39/h8-13,20,22-23,29,33H,14-19H2,1-5H3,(H,38,39)/t29-/m1/s1. The number of nitriles is 1. The molecule has 0 bridgehead atoms. The van der Waals surface area contributed by atoms with E-state index in [2.05, 4.69) is 35.3 Å². The lowest BCUT2D eigenvalue weighted by atomic mass is 10.1. The summed E-state index contributed by atoms with van der Waals surface area (Å²) < 4.78 is 34.9. The van der Waals surface area contributed by atoms with Crippen LogP contribution in [0.5, 0.6) is 5.75 Å². The van der Waals surface area contributed by atoms with E-state index < -0.39 is 34.0 Å². The zero-order valence-electron chi connectivity index (χ0n) is 25.2. The second-order valence-corrected chi connectivity index (χ2v) is 12.8. The summed E-state index contributed by atoms with van der Waals surface area (Å²) in [6, 6.07) is 11.5. The molecular weight excluding hydrogens is 570 g/mol. The molecule has 0 aliphatic carbocycles. The van der Waals surface area contributed by atoms with Crippen molar-refractivity contribution < 1.29 is 27.9 Å². The molecule has 2 aromatic rings. The molecule has 1 amide bonds. The van der Waals surface area contributed by atoms with Gasteiger partial charge in [-0.05, 0) is 60.7 Å². The number of carboxylic acids is 1. The highest BCUT2D eigenvalue weighted by molar-refractivity contribution is 7.87. The second kappa shape index (κ2) is 14.9. The highest BCUT2D eigenvalue weighted by Gasteiger charge is 2.33. The van der Waals surface area contributed by atoms with Gasteiger partial charge in [0, 0.05) is 50.0 Å². The van der Waals surface area contributed by atoms with Crippen LogP contribution in [0.1, 0.15) is 55.6 Å². The fraction of sp³-hybridized carbons (Fsp3) is 0.452. The third-order valence-electron chi connectivity index (χ3n) is 6.99. The van der Waals surface area contributed by atoms with Crippen molar-refractivity contribution in [2.24, 2.45) is 11.8 Å². The first-order valence-electron chi connectivity index (χ1n) is 14.1. The second-order valence-electron chi connectivity index (χ2n) is 11.1. The summed E-state index contributed by atoms with van der Waals surface area (Å²) in [4.78, 5) is 27.2. The molecule has 12 heteroatoms. The summed E-state index contributed by atoms with van der Waals surface area (Å²) >= 11 is 0. The average Bonchev–Trinajstić information content (AvgIpc) is 2.98. The van der Waals surface area contributed by atoms with E-state index in [9.17, 15) is 28.4 Å². The summed E-state index contributed by atoms with van der Waals surface area (Å²) in [5.74, 6) is 4.96. The molecule has 230 valence electrons. The molecule has 0 saturated carbocycles. The number of hydrogen-bond acceptors (Lipinski definition) is 7. The number of aliphatic carboxylic acids is 1. The third-order valence-corrected chi connectivity index (χ3v) is 8.58. The van der Waals surface area contributed by atoms with E-state index >= 15 is 0 Å². The van der Waals surface area contributed by atoms with E-state index in [0.29, 0.717) is 36.9 Å². The van der Waals surface area contributed by atoms with E-state index in [0.717, 1.165) is 22.6 Å². The van der Waals surface area contributed by atoms with Crippen LogP contribution in [0.3, 0.4) is 0 Å². The maximum atomic E-state index is 12.8. The molecule has 0 unspecified atom stereocenters. The van der Waals surface area contributed by atoms with E-state index in [-0.39, 0.29) is 18.7 Å². The Balaban J connectivity index is 1.67. The Morgan fingerprint density at radius 2 is 1.63 bits per heavy atom. The summed E-state index contributed by atoms with van der Waals surface area (Å²) in [7, 11) is -2.53. The van der Waals surface area contributed by atoms with E-state index in [1.807, 2.05) is 30.5 Å². The quantitative estimate of drug-likeness (QED) is 0.225. The molecule has 0 spiro atoms. The van der Waals surface area contributed by atoms with E-state index in [1.165, 1.54) is 11.4 Å². The predicted octanol–water partition coefficient (Wildman–Crippen LogP) is 3.13. The van der Waals surface area contributed by atoms with Crippen molar-refractivity contribution >= 4 is 27.8 Å². The molecule has 1 aliphatic rings. The molecule has 1 aliphatic heterocycles. The Labute approximate surface area is 254 Å². The van der Waals surface area contributed by atoms with Gasteiger partial charge in [0.05, 0.1) is 12.2 Å². The number of benzene rings is 2. The lowest BCUT2D eigenvalue weighted by Gasteiger charge is -2.36. The first-order valence-corrected chi connectivity index (χ1v) is 15.6. The largest absolute Gasteiger partial charge is 0.493 e. The maximum Gasteiger partial charge on any atom is 0.322 e. The van der Waals surface area contributed by atoms with Gasteiger partial charge in [0.1, 0.15) is 11.8 Å². The van der Waals surface area contributed by atoms with Crippen molar-refractivity contribution in [2.45, 2.75) is 40.2 Å². The van der Waals surface area contributed by atoms with Crippen LogP contribution in [0.25, 0.3) is 0 Å². The molecule has 1 atom stereocenters. The van der Waals surface area contributed by atoms with Crippen molar-refractivity contribution in [3.8, 4) is 23.8 Å². The summed E-state index contributed by atoms with van der Waals surface area (Å²) in [6.45, 7) is 9.28. The van der Waals surface area contributed by atoms with Crippen LogP contribution in [-0.2, 0) is 15.0 Å². The van der Waals surface area contributed by atoms with Crippen LogP contribution in [0.15, 0.2) is 42.5 Å². The smallest absolute Gasteiger partial charge is 0.322 e. The van der Waals surface area contributed by atoms with Gasteiger partial charge in [-0.25, -0.2) is 4.90 Å². The Kier molecular flexibility index (Phi) is 11.6. The minimum Gasteiger partial charge on any atom is -0.493 e. The fourth-order valence-corrected chi connectivity index (χ4v) is 5.81. The van der Waals surface area contributed by atoms with E-state index in [1.54, 1.807) is 32.0 Å². The van der Waals surface area contributed by atoms with Gasteiger partial charge in [0.25, 0.3) is 16.1 Å². The van der Waals surface area contributed by atoms with Gasteiger partial charge < -0.3 is 14.7 Å². The first-order chi connectivity index (χ1) is 20.3. The minimum absolute atomic E-state index is 0.223. The fourth-order valence-electron chi connectivity index (χ4n) is 4.32. The topological polar surface area (TPSA) is 143 Å². The van der Waals surface area contributed by atoms with Gasteiger partial charge >= 0.3 is 5.97 Å². The third kappa shape index (κ3) is 9.19. The number of hydrogen-bond donors (Lipinski definition) is 2. The number of anilines is 1. The van der Waals surface area contributed by atoms with Crippen LogP contribution in [0.4, 0.5) is 5.69 Å². The lowest BCUT2D eigenvalue weighted by molar-refractivity contribution is -0.140. The number of carbonyl (C=O) groups is 2. The summed E-state index contributed by atoms with van der Waals surface area (Å²) in [5.41, 5.74) is 2.54. The monoisotopic (exact) mass is 609 g/mol. The molecule has 11 nitrogen and oxygen atoms in total. The molecule has 0 radical (unpaired) electrons. The molecular formula is C31H39N5O6S. The highest BCUT2D eigenvalue weighted by atomic mass is 32.2. The van der Waals surface area contributed by atoms with Crippen LogP contribution in [-0.4, -0.2) is 80.5 Å². The predicted molar refractivity (Wildman–Crippen MR) is 164 cm³/mol. The minimum atomic E-state index is -3.93. The summed E-state index contributed by atoms with van der Waals surface area (Å²) in [6.07, 6.45) is 2.66. The summed E-state index contributed by atoms with van der Waals surface area (Å²) in [5, 5.41) is 18.5. The number of carboxylic acid groups (broad SMARTS) is 1. The Morgan fingerprint density at radius 3 is 2.19 bits per heavy atom. The van der Waals surface area contributed by atoms with Crippen LogP contribution in [0.2, 0.25) is 0 Å². The van der Waals surface area contributed by atoms with Crippen molar-refractivity contribution in [3.05, 3.63) is 59.2 Å². The number of carbonyl (C=O) groups excluding carboxylic acids is 1. The number of rotatable bonds is 11. The normalized spacial score (nSPS) is 14.5. The molecule has 1 saturated heterocycles. The zero-order chi connectivity index (χ0) is 31.7. The highest BCUT2D eigenvalue weighted by Crippen LogP contribution is 2.23. The van der Waals surface area contributed by atoms with Crippen LogP contribution >= 0.6 is 0 Å². The van der Waals surface area contributed by atoms with Gasteiger partial charge in [-0.15, -0.1) is 0 Å². The average molecular weight is 610 g/mol. The zero-order valence-corrected chi connectivity index (χ0v) is 26.0. The molecule has 2 aromatic carbocycles. The van der Waals surface area contributed by atoms with Crippen molar-refractivity contribution in [1.82, 2.24) is 13.9 Å². The first kappa shape index (κ1) is 33.4. The lowest BCUT2D eigenvalue weighted by Crippen LogP contribution is -2.55. The molecule has 3 rings (SSSR count). The van der Waals surface area contributed by atoms with Gasteiger partial charge in [-0.3, -0.25) is 9.59 Å².